The van der Waals surface area contributed by atoms with Gasteiger partial charge in [-0.15, -0.1) is 0 Å². The summed E-state index contributed by atoms with van der Waals surface area (Å²) in [6, 6.07) is 0. The molecule has 1 aliphatic rings. The number of rotatable bonds is 7. The first-order chi connectivity index (χ1) is 11.0. The molecule has 1 aliphatic heterocycles. The average molecular weight is 374 g/mol. The molecule has 4 unspecified atom stereocenters. The SMILES string of the molecule is CC[C@H](C)C1OC(O)C(O[Si](C)(C)C(C)(C)C)[C@@H](O)[C@@H]1PBB=O. The minimum atomic E-state index is -2.16. The van der Waals surface area contributed by atoms with Gasteiger partial charge in [0, 0.05) is 0 Å². The van der Waals surface area contributed by atoms with Crippen LogP contribution in [0.3, 0.4) is 0 Å². The minimum absolute atomic E-state index is 0.0272. The Balaban J connectivity index is 3.01. The van der Waals surface area contributed by atoms with E-state index in [1.165, 1.54) is 0 Å². The molecule has 1 fully saturated rings. The van der Waals surface area contributed by atoms with E-state index < -0.39 is 26.8 Å². The van der Waals surface area contributed by atoms with E-state index in [0.29, 0.717) is 6.89 Å². The average Bonchev–Trinajstić information content (AvgIpc) is 2.48. The number of hydrogen-bond acceptors (Lipinski definition) is 5. The van der Waals surface area contributed by atoms with Gasteiger partial charge in [0.15, 0.2) is 0 Å². The number of aliphatic hydroxyl groups excluding tert-OH is 2. The van der Waals surface area contributed by atoms with Crippen molar-refractivity contribution < 1.29 is 24.1 Å². The van der Waals surface area contributed by atoms with E-state index in [4.69, 9.17) is 9.16 Å². The van der Waals surface area contributed by atoms with Crippen molar-refractivity contribution in [2.24, 2.45) is 5.92 Å². The fourth-order valence-electron chi connectivity index (χ4n) is 2.68. The second-order valence-corrected chi connectivity index (χ2v) is 14.6. The molecule has 0 bridgehead atoms. The fourth-order valence-corrected chi connectivity index (χ4v) is 5.41. The summed E-state index contributed by atoms with van der Waals surface area (Å²) < 4.78 is 23.0. The molecule has 0 amide bonds. The van der Waals surface area contributed by atoms with Crippen LogP contribution in [0.25, 0.3) is 0 Å². The van der Waals surface area contributed by atoms with Crippen LogP contribution in [-0.4, -0.2) is 62.7 Å². The molecule has 1 rings (SSSR count). The van der Waals surface area contributed by atoms with Gasteiger partial charge in [-0.1, -0.05) is 0 Å². The van der Waals surface area contributed by atoms with Crippen molar-refractivity contribution in [1.29, 1.82) is 0 Å². The first-order valence-corrected chi connectivity index (χ1v) is 13.0. The van der Waals surface area contributed by atoms with Crippen molar-refractivity contribution in [1.82, 2.24) is 0 Å². The maximum atomic E-state index is 10.9. The second-order valence-electron chi connectivity index (χ2n) is 8.31. The molecule has 1 heterocycles. The van der Waals surface area contributed by atoms with Crippen molar-refractivity contribution in [3.05, 3.63) is 0 Å². The predicted octanol–water partition coefficient (Wildman–Crippen LogP) is 1.86. The fraction of sp³-hybridized carbons (Fsp3) is 1.00. The Morgan fingerprint density at radius 3 is 2.42 bits per heavy atom. The van der Waals surface area contributed by atoms with Crippen LogP contribution >= 0.6 is 8.46 Å². The molecular weight excluding hydrogens is 341 g/mol. The van der Waals surface area contributed by atoms with Crippen molar-refractivity contribution in [3.63, 3.8) is 0 Å². The third kappa shape index (κ3) is 5.21. The van der Waals surface area contributed by atoms with Crippen molar-refractivity contribution in [3.8, 4) is 0 Å². The van der Waals surface area contributed by atoms with Gasteiger partial charge in [0.25, 0.3) is 0 Å². The zero-order chi connectivity index (χ0) is 18.7. The van der Waals surface area contributed by atoms with Crippen molar-refractivity contribution in [2.75, 3.05) is 0 Å². The van der Waals surface area contributed by atoms with Gasteiger partial charge in [-0.3, -0.25) is 0 Å². The summed E-state index contributed by atoms with van der Waals surface area (Å²) in [7, 11) is -1.01. The Kier molecular flexibility index (Phi) is 8.30. The summed E-state index contributed by atoms with van der Waals surface area (Å²) in [5.41, 5.74) is -0.177. The molecule has 2 N–H and O–H groups in total. The zero-order valence-electron chi connectivity index (χ0n) is 16.1. The Morgan fingerprint density at radius 1 is 1.38 bits per heavy atom. The monoisotopic (exact) mass is 374 g/mol. The summed E-state index contributed by atoms with van der Waals surface area (Å²) in [6.45, 7) is 15.1. The normalized spacial score (nSPS) is 33.5. The van der Waals surface area contributed by atoms with E-state index >= 15 is 0 Å². The predicted molar refractivity (Wildman–Crippen MR) is 104 cm³/mol. The third-order valence-electron chi connectivity index (χ3n) is 5.51. The Morgan fingerprint density at radius 2 is 1.96 bits per heavy atom. The van der Waals surface area contributed by atoms with Gasteiger partial charge >= 0.3 is 150 Å². The van der Waals surface area contributed by atoms with Crippen LogP contribution in [0.15, 0.2) is 0 Å². The van der Waals surface area contributed by atoms with Crippen LogP contribution in [-0.2, 0) is 13.9 Å². The van der Waals surface area contributed by atoms with Crippen LogP contribution in [0.1, 0.15) is 41.0 Å². The Bertz CT molecular complexity index is 421. The molecule has 7 atom stereocenters. The third-order valence-corrected chi connectivity index (χ3v) is 11.5. The van der Waals surface area contributed by atoms with Crippen LogP contribution in [0.2, 0.25) is 18.1 Å². The van der Waals surface area contributed by atoms with Crippen LogP contribution < -0.4 is 0 Å². The van der Waals surface area contributed by atoms with Gasteiger partial charge in [-0.05, 0) is 0 Å². The van der Waals surface area contributed by atoms with Gasteiger partial charge in [0.2, 0.25) is 0 Å². The molecule has 0 spiro atoms. The summed E-state index contributed by atoms with van der Waals surface area (Å²) in [6.07, 6.45) is -2.07. The molecule has 0 aliphatic carbocycles. The number of aliphatic hydroxyl groups is 2. The van der Waals surface area contributed by atoms with Crippen molar-refractivity contribution >= 4 is 30.7 Å². The van der Waals surface area contributed by atoms with E-state index in [1.54, 1.807) is 0 Å². The summed E-state index contributed by atoms with van der Waals surface area (Å²) >= 11 is 0. The molecule has 0 saturated carbocycles. The van der Waals surface area contributed by atoms with E-state index in [-0.39, 0.29) is 31.2 Å². The van der Waals surface area contributed by atoms with Crippen LogP contribution in [0, 0.1) is 5.92 Å². The first-order valence-electron chi connectivity index (χ1n) is 8.82. The van der Waals surface area contributed by atoms with Crippen molar-refractivity contribution in [2.45, 2.75) is 89.4 Å². The molecule has 9 heteroatoms. The summed E-state index contributed by atoms with van der Waals surface area (Å²) in [5.74, 6) is 0.201. The molecule has 5 nitrogen and oxygen atoms in total. The first kappa shape index (κ1) is 22.5. The number of hydrogen-bond donors (Lipinski definition) is 2. The standard InChI is InChI=1S/C15H33B2O5PSi/c1-8-9(2)11-13(23-17-16-20)10(18)12(14(19)21-11)22-24(6,7)15(3,4)5/h9-14,17-19,23H,8H2,1-7H3/t9-,10+,11?,12?,13-,14?/m0/s1. The van der Waals surface area contributed by atoms with Gasteiger partial charge in [-0.2, -0.15) is 0 Å². The summed E-state index contributed by atoms with van der Waals surface area (Å²) in [4.78, 5) is 0. The molecule has 0 radical (unpaired) electrons. The van der Waals surface area contributed by atoms with Gasteiger partial charge in [0.05, 0.1) is 0 Å². The van der Waals surface area contributed by atoms with Gasteiger partial charge < -0.3 is 0 Å². The summed E-state index contributed by atoms with van der Waals surface area (Å²) in [5, 5.41) is 21.4. The van der Waals surface area contributed by atoms with E-state index in [1.807, 2.05) is 0 Å². The van der Waals surface area contributed by atoms with E-state index in [9.17, 15) is 14.9 Å². The van der Waals surface area contributed by atoms with Crippen LogP contribution in [0.4, 0.5) is 0 Å². The Labute approximate surface area is 150 Å². The van der Waals surface area contributed by atoms with Crippen LogP contribution in [0.5, 0.6) is 0 Å². The molecule has 0 aromatic rings. The zero-order valence-corrected chi connectivity index (χ0v) is 18.1. The Hall–Kier alpha value is 0.417. The number of ether oxygens (including phenoxy) is 1. The molecule has 0 aromatic carbocycles. The molecule has 24 heavy (non-hydrogen) atoms. The second kappa shape index (κ2) is 8.87. The maximum absolute atomic E-state index is 10.9. The molecular formula is C15H33B2O5PSi. The molecule has 1 saturated heterocycles. The van der Waals surface area contributed by atoms with E-state index in [2.05, 4.69) is 47.7 Å². The molecule has 138 valence electrons. The molecule has 0 aromatic heterocycles. The van der Waals surface area contributed by atoms with E-state index in [0.717, 1.165) is 13.5 Å². The van der Waals surface area contributed by atoms with Gasteiger partial charge in [0.1, 0.15) is 0 Å². The van der Waals surface area contributed by atoms with Gasteiger partial charge in [-0.25, -0.2) is 0 Å². The topological polar surface area (TPSA) is 76.0 Å². The quantitative estimate of drug-likeness (QED) is 0.526.